The third-order valence-electron chi connectivity index (χ3n) is 3.78. The molecule has 0 saturated heterocycles. The highest BCUT2D eigenvalue weighted by atomic mass is 16.5. The van der Waals surface area contributed by atoms with Crippen molar-refractivity contribution in [2.75, 3.05) is 13.7 Å². The van der Waals surface area contributed by atoms with E-state index in [0.717, 1.165) is 29.6 Å². The molecule has 5 heteroatoms. The largest absolute Gasteiger partial charge is 0.497 e. The summed E-state index contributed by atoms with van der Waals surface area (Å²) >= 11 is 0. The zero-order chi connectivity index (χ0) is 16.8. The van der Waals surface area contributed by atoms with Crippen molar-refractivity contribution in [3.05, 3.63) is 79.3 Å². The lowest BCUT2D eigenvalue weighted by molar-refractivity contribution is 0.253. The van der Waals surface area contributed by atoms with Crippen LogP contribution in [0.4, 0.5) is 0 Å². The van der Waals surface area contributed by atoms with Crippen molar-refractivity contribution >= 4 is 0 Å². The summed E-state index contributed by atoms with van der Waals surface area (Å²) in [4.78, 5) is 6.74. The maximum Gasteiger partial charge on any atom is 0.127 e. The Morgan fingerprint density at radius 3 is 2.75 bits per heavy atom. The van der Waals surface area contributed by atoms with Gasteiger partial charge in [-0.3, -0.25) is 4.90 Å². The van der Waals surface area contributed by atoms with Gasteiger partial charge < -0.3 is 13.7 Å². The molecule has 5 nitrogen and oxygen atoms in total. The van der Waals surface area contributed by atoms with Gasteiger partial charge in [-0.05, 0) is 36.4 Å². The predicted molar refractivity (Wildman–Crippen MR) is 93.1 cm³/mol. The Labute approximate surface area is 141 Å². The molecule has 3 aromatic rings. The molecule has 3 rings (SSSR count). The molecule has 0 fully saturated rings. The lowest BCUT2D eigenvalue weighted by Gasteiger charge is -2.20. The summed E-state index contributed by atoms with van der Waals surface area (Å²) in [5.74, 6) is 2.74. The predicted octanol–water partition coefficient (Wildman–Crippen LogP) is 3.66. The van der Waals surface area contributed by atoms with Crippen LogP contribution in [0.2, 0.25) is 0 Å². The number of rotatable bonds is 8. The molecular weight excluding hydrogens is 302 g/mol. The maximum absolute atomic E-state index is 5.45. The smallest absolute Gasteiger partial charge is 0.127 e. The SMILES string of the molecule is C=CCN(Cc1ccco1)Cc1nccn1-c1ccc(OC)cc1. The van der Waals surface area contributed by atoms with Gasteiger partial charge in [0.25, 0.3) is 0 Å². The molecule has 24 heavy (non-hydrogen) atoms. The van der Waals surface area contributed by atoms with E-state index in [1.807, 2.05) is 54.9 Å². The van der Waals surface area contributed by atoms with E-state index in [9.17, 15) is 0 Å². The second-order valence-corrected chi connectivity index (χ2v) is 5.45. The van der Waals surface area contributed by atoms with Crippen LogP contribution in [0.25, 0.3) is 5.69 Å². The molecule has 0 bridgehead atoms. The summed E-state index contributed by atoms with van der Waals surface area (Å²) in [5.41, 5.74) is 1.06. The van der Waals surface area contributed by atoms with Gasteiger partial charge in [-0.2, -0.15) is 0 Å². The Kier molecular flexibility index (Phi) is 5.13. The van der Waals surface area contributed by atoms with Crippen molar-refractivity contribution < 1.29 is 9.15 Å². The topological polar surface area (TPSA) is 43.4 Å². The van der Waals surface area contributed by atoms with E-state index < -0.39 is 0 Å². The highest BCUT2D eigenvalue weighted by Crippen LogP contribution is 2.17. The first-order chi connectivity index (χ1) is 11.8. The molecule has 0 N–H and O–H groups in total. The summed E-state index contributed by atoms with van der Waals surface area (Å²) in [5, 5.41) is 0. The van der Waals surface area contributed by atoms with Gasteiger partial charge in [0.15, 0.2) is 0 Å². The second-order valence-electron chi connectivity index (χ2n) is 5.45. The second kappa shape index (κ2) is 7.66. The molecule has 0 radical (unpaired) electrons. The van der Waals surface area contributed by atoms with Crippen LogP contribution in [0.5, 0.6) is 5.75 Å². The number of nitrogens with zero attached hydrogens (tertiary/aromatic N) is 3. The molecule has 0 aliphatic rings. The van der Waals surface area contributed by atoms with Crippen LogP contribution in [0, 0.1) is 0 Å². The number of benzene rings is 1. The molecule has 0 spiro atoms. The molecule has 1 aromatic carbocycles. The summed E-state index contributed by atoms with van der Waals surface area (Å²) in [6, 6.07) is 11.8. The first kappa shape index (κ1) is 16.1. The third kappa shape index (κ3) is 3.75. The molecular formula is C19H21N3O2. The number of hydrogen-bond donors (Lipinski definition) is 0. The van der Waals surface area contributed by atoms with E-state index in [-0.39, 0.29) is 0 Å². The quantitative estimate of drug-likeness (QED) is 0.593. The Hall–Kier alpha value is -2.79. The molecule has 0 amide bonds. The summed E-state index contributed by atoms with van der Waals surface area (Å²) in [6.07, 6.45) is 7.37. The highest BCUT2D eigenvalue weighted by Gasteiger charge is 2.12. The highest BCUT2D eigenvalue weighted by molar-refractivity contribution is 5.38. The number of hydrogen-bond acceptors (Lipinski definition) is 4. The van der Waals surface area contributed by atoms with Crippen molar-refractivity contribution in [1.29, 1.82) is 0 Å². The molecule has 2 heterocycles. The standard InChI is InChI=1S/C19H21N3O2/c1-3-11-21(14-18-5-4-13-24-18)15-19-20-10-12-22(19)16-6-8-17(23-2)9-7-16/h3-10,12-13H,1,11,14-15H2,2H3. The summed E-state index contributed by atoms with van der Waals surface area (Å²) < 4.78 is 12.8. The molecule has 0 saturated carbocycles. The Morgan fingerprint density at radius 2 is 2.08 bits per heavy atom. The molecule has 0 unspecified atom stereocenters. The van der Waals surface area contributed by atoms with E-state index >= 15 is 0 Å². The fourth-order valence-corrected chi connectivity index (χ4v) is 2.62. The number of methoxy groups -OCH3 is 1. The first-order valence-corrected chi connectivity index (χ1v) is 7.82. The van der Waals surface area contributed by atoms with Crippen molar-refractivity contribution in [2.45, 2.75) is 13.1 Å². The maximum atomic E-state index is 5.45. The molecule has 0 aliphatic heterocycles. The van der Waals surface area contributed by atoms with E-state index in [2.05, 4.69) is 21.0 Å². The van der Waals surface area contributed by atoms with Crippen molar-refractivity contribution in [3.8, 4) is 11.4 Å². The van der Waals surface area contributed by atoms with E-state index in [1.165, 1.54) is 0 Å². The minimum absolute atomic E-state index is 0.700. The van der Waals surface area contributed by atoms with Crippen LogP contribution in [0.15, 0.2) is 72.1 Å². The van der Waals surface area contributed by atoms with Crippen molar-refractivity contribution in [2.24, 2.45) is 0 Å². The fourth-order valence-electron chi connectivity index (χ4n) is 2.62. The van der Waals surface area contributed by atoms with Crippen LogP contribution < -0.4 is 4.74 Å². The van der Waals surface area contributed by atoms with E-state index in [1.54, 1.807) is 13.4 Å². The Morgan fingerprint density at radius 1 is 1.25 bits per heavy atom. The van der Waals surface area contributed by atoms with Crippen LogP contribution in [0.3, 0.4) is 0 Å². The van der Waals surface area contributed by atoms with E-state index in [0.29, 0.717) is 13.1 Å². The van der Waals surface area contributed by atoms with Crippen molar-refractivity contribution in [3.63, 3.8) is 0 Å². The molecule has 0 aliphatic carbocycles. The number of furan rings is 1. The number of aromatic nitrogens is 2. The molecule has 0 atom stereocenters. The minimum atomic E-state index is 0.700. The molecule has 2 aromatic heterocycles. The van der Waals surface area contributed by atoms with Gasteiger partial charge in [-0.15, -0.1) is 6.58 Å². The van der Waals surface area contributed by atoms with Gasteiger partial charge >= 0.3 is 0 Å². The van der Waals surface area contributed by atoms with Crippen LogP contribution in [-0.2, 0) is 13.1 Å². The lowest BCUT2D eigenvalue weighted by Crippen LogP contribution is -2.24. The normalized spacial score (nSPS) is 10.9. The third-order valence-corrected chi connectivity index (χ3v) is 3.78. The van der Waals surface area contributed by atoms with Crippen LogP contribution in [-0.4, -0.2) is 28.1 Å². The zero-order valence-corrected chi connectivity index (χ0v) is 13.8. The van der Waals surface area contributed by atoms with Crippen LogP contribution in [0.1, 0.15) is 11.6 Å². The first-order valence-electron chi connectivity index (χ1n) is 7.82. The average Bonchev–Trinajstić information content (AvgIpc) is 3.27. The van der Waals surface area contributed by atoms with Gasteiger partial charge in [0.2, 0.25) is 0 Å². The van der Waals surface area contributed by atoms with Crippen LogP contribution >= 0.6 is 0 Å². The minimum Gasteiger partial charge on any atom is -0.497 e. The number of imidazole rings is 1. The van der Waals surface area contributed by atoms with Gasteiger partial charge in [0.05, 0.1) is 26.5 Å². The van der Waals surface area contributed by atoms with Gasteiger partial charge in [0, 0.05) is 24.6 Å². The van der Waals surface area contributed by atoms with Gasteiger partial charge in [-0.25, -0.2) is 4.98 Å². The average molecular weight is 323 g/mol. The van der Waals surface area contributed by atoms with Gasteiger partial charge in [0.1, 0.15) is 17.3 Å². The zero-order valence-electron chi connectivity index (χ0n) is 13.8. The molecule has 124 valence electrons. The monoisotopic (exact) mass is 323 g/mol. The number of ether oxygens (including phenoxy) is 1. The fraction of sp³-hybridized carbons (Fsp3) is 0.211. The summed E-state index contributed by atoms with van der Waals surface area (Å²) in [7, 11) is 1.67. The van der Waals surface area contributed by atoms with Gasteiger partial charge in [-0.1, -0.05) is 6.08 Å². The lowest BCUT2D eigenvalue weighted by atomic mass is 10.3. The Balaban J connectivity index is 1.78. The van der Waals surface area contributed by atoms with E-state index in [4.69, 9.17) is 9.15 Å². The summed E-state index contributed by atoms with van der Waals surface area (Å²) in [6.45, 7) is 6.02. The Bertz CT molecular complexity index is 760. The van der Waals surface area contributed by atoms with Crippen molar-refractivity contribution in [1.82, 2.24) is 14.5 Å².